The molecule has 0 aliphatic rings. The van der Waals surface area contributed by atoms with Crippen LogP contribution in [0.5, 0.6) is 0 Å². The number of carbonyl (C=O) groups is 1. The van der Waals surface area contributed by atoms with Crippen molar-refractivity contribution >= 4 is 38.9 Å². The van der Waals surface area contributed by atoms with E-state index < -0.39 is 15.1 Å². The summed E-state index contributed by atoms with van der Waals surface area (Å²) in [7, 11) is -3.82. The van der Waals surface area contributed by atoms with E-state index in [1.54, 1.807) is 13.0 Å². The molecular weight excluding hydrogens is 365 g/mol. The van der Waals surface area contributed by atoms with Gasteiger partial charge in [-0.25, -0.2) is 8.42 Å². The van der Waals surface area contributed by atoms with E-state index in [0.29, 0.717) is 17.0 Å². The SMILES string of the molecule is CCC(=O)NCc1nnc(S(=O)(=O)Cc2ccc(Cl)c(Cl)c2)o1. The van der Waals surface area contributed by atoms with Crippen LogP contribution in [0, 0.1) is 0 Å². The van der Waals surface area contributed by atoms with Crippen molar-refractivity contribution in [2.45, 2.75) is 30.9 Å². The molecule has 0 saturated heterocycles. The highest BCUT2D eigenvalue weighted by Crippen LogP contribution is 2.24. The lowest BCUT2D eigenvalue weighted by Crippen LogP contribution is -2.21. The van der Waals surface area contributed by atoms with E-state index >= 15 is 0 Å². The number of nitrogens with one attached hydrogen (secondary N) is 1. The van der Waals surface area contributed by atoms with E-state index in [2.05, 4.69) is 15.5 Å². The van der Waals surface area contributed by atoms with Crippen LogP contribution in [0.2, 0.25) is 10.0 Å². The van der Waals surface area contributed by atoms with Crippen molar-refractivity contribution in [1.29, 1.82) is 0 Å². The molecule has 1 aromatic heterocycles. The first-order chi connectivity index (χ1) is 10.8. The number of hydrogen-bond acceptors (Lipinski definition) is 6. The van der Waals surface area contributed by atoms with Gasteiger partial charge in [0.2, 0.25) is 21.6 Å². The van der Waals surface area contributed by atoms with Crippen molar-refractivity contribution in [2.75, 3.05) is 0 Å². The normalized spacial score (nSPS) is 11.4. The van der Waals surface area contributed by atoms with Gasteiger partial charge < -0.3 is 9.73 Å². The quantitative estimate of drug-likeness (QED) is 0.828. The molecule has 0 fully saturated rings. The molecule has 2 aromatic rings. The molecule has 1 N–H and O–H groups in total. The van der Waals surface area contributed by atoms with Gasteiger partial charge in [0, 0.05) is 6.42 Å². The Hall–Kier alpha value is -1.64. The number of rotatable bonds is 6. The van der Waals surface area contributed by atoms with Crippen LogP contribution >= 0.6 is 23.2 Å². The number of hydrogen-bond donors (Lipinski definition) is 1. The summed E-state index contributed by atoms with van der Waals surface area (Å²) < 4.78 is 29.6. The molecule has 1 heterocycles. The number of aromatic nitrogens is 2. The Morgan fingerprint density at radius 2 is 2.00 bits per heavy atom. The molecule has 0 spiro atoms. The minimum absolute atomic E-state index is 0.0134. The third-order valence-corrected chi connectivity index (χ3v) is 4.96. The molecule has 0 aliphatic heterocycles. The molecule has 0 radical (unpaired) electrons. The molecule has 0 saturated carbocycles. The number of halogens is 2. The van der Waals surface area contributed by atoms with Crippen LogP contribution in [0.1, 0.15) is 24.8 Å². The lowest BCUT2D eigenvalue weighted by Gasteiger charge is -2.02. The van der Waals surface area contributed by atoms with Crippen molar-refractivity contribution in [1.82, 2.24) is 15.5 Å². The summed E-state index contributed by atoms with van der Waals surface area (Å²) >= 11 is 11.6. The number of benzene rings is 1. The summed E-state index contributed by atoms with van der Waals surface area (Å²) in [5.41, 5.74) is 0.443. The van der Waals surface area contributed by atoms with E-state index in [0.717, 1.165) is 0 Å². The molecule has 0 atom stereocenters. The van der Waals surface area contributed by atoms with Gasteiger partial charge >= 0.3 is 5.22 Å². The molecule has 0 unspecified atom stereocenters. The fourth-order valence-electron chi connectivity index (χ4n) is 1.65. The molecule has 124 valence electrons. The van der Waals surface area contributed by atoms with Gasteiger partial charge in [0.1, 0.15) is 0 Å². The Labute approximate surface area is 142 Å². The van der Waals surface area contributed by atoms with Crippen molar-refractivity contribution in [3.05, 3.63) is 39.7 Å². The number of carbonyl (C=O) groups excluding carboxylic acids is 1. The Morgan fingerprint density at radius 3 is 2.65 bits per heavy atom. The van der Waals surface area contributed by atoms with Crippen molar-refractivity contribution < 1.29 is 17.6 Å². The lowest BCUT2D eigenvalue weighted by atomic mass is 10.2. The summed E-state index contributed by atoms with van der Waals surface area (Å²) in [4.78, 5) is 11.1. The monoisotopic (exact) mass is 377 g/mol. The number of nitrogens with zero attached hydrogens (tertiary/aromatic N) is 2. The van der Waals surface area contributed by atoms with Crippen molar-refractivity contribution in [2.24, 2.45) is 0 Å². The third kappa shape index (κ3) is 4.66. The number of amides is 1. The Bertz CT molecular complexity index is 820. The van der Waals surface area contributed by atoms with Crippen molar-refractivity contribution in [3.8, 4) is 0 Å². The summed E-state index contributed by atoms with van der Waals surface area (Å²) in [6.45, 7) is 1.66. The third-order valence-electron chi connectivity index (χ3n) is 2.81. The van der Waals surface area contributed by atoms with E-state index in [1.165, 1.54) is 12.1 Å². The molecule has 0 aliphatic carbocycles. The van der Waals surface area contributed by atoms with Crippen LogP contribution in [0.3, 0.4) is 0 Å². The zero-order chi connectivity index (χ0) is 17.0. The first kappa shape index (κ1) is 17.7. The van der Waals surface area contributed by atoms with Gasteiger partial charge in [-0.05, 0) is 17.7 Å². The van der Waals surface area contributed by atoms with Gasteiger partial charge in [-0.2, -0.15) is 0 Å². The van der Waals surface area contributed by atoms with Crippen LogP contribution < -0.4 is 5.32 Å². The van der Waals surface area contributed by atoms with Crippen LogP contribution in [0.25, 0.3) is 0 Å². The van der Waals surface area contributed by atoms with E-state index in [-0.39, 0.29) is 29.1 Å². The summed E-state index contributed by atoms with van der Waals surface area (Å²) in [5, 5.41) is 9.71. The van der Waals surface area contributed by atoms with Crippen LogP contribution in [-0.2, 0) is 26.9 Å². The van der Waals surface area contributed by atoms with E-state index in [1.807, 2.05) is 0 Å². The Kier molecular flexibility index (Phi) is 5.61. The largest absolute Gasteiger partial charge is 0.411 e. The standard InChI is InChI=1S/C13H13Cl2N3O4S/c1-2-11(19)16-6-12-17-18-13(22-12)23(20,21)7-8-3-4-9(14)10(15)5-8/h3-5H,2,6-7H2,1H3,(H,16,19). The Balaban J connectivity index is 2.11. The summed E-state index contributed by atoms with van der Waals surface area (Å²) in [6.07, 6.45) is 0.302. The van der Waals surface area contributed by atoms with Crippen LogP contribution in [-0.4, -0.2) is 24.5 Å². The first-order valence-corrected chi connectivity index (χ1v) is 8.98. The summed E-state index contributed by atoms with van der Waals surface area (Å²) in [5.74, 6) is -0.546. The minimum Gasteiger partial charge on any atom is -0.411 e. The maximum atomic E-state index is 12.2. The topological polar surface area (TPSA) is 102 Å². The highest BCUT2D eigenvalue weighted by molar-refractivity contribution is 7.90. The van der Waals surface area contributed by atoms with E-state index in [4.69, 9.17) is 27.6 Å². The zero-order valence-corrected chi connectivity index (χ0v) is 14.4. The maximum absolute atomic E-state index is 12.2. The fraction of sp³-hybridized carbons (Fsp3) is 0.308. The van der Waals surface area contributed by atoms with Gasteiger partial charge in [0.05, 0.1) is 22.3 Å². The van der Waals surface area contributed by atoms with Crippen LogP contribution in [0.15, 0.2) is 27.8 Å². The smallest absolute Gasteiger partial charge is 0.335 e. The molecule has 1 amide bonds. The fourth-order valence-corrected chi connectivity index (χ4v) is 3.10. The first-order valence-electron chi connectivity index (χ1n) is 6.57. The second-order valence-electron chi connectivity index (χ2n) is 4.60. The Morgan fingerprint density at radius 1 is 1.26 bits per heavy atom. The molecular formula is C13H13Cl2N3O4S. The minimum atomic E-state index is -3.82. The van der Waals surface area contributed by atoms with Gasteiger partial charge in [-0.15, -0.1) is 5.10 Å². The van der Waals surface area contributed by atoms with Gasteiger partial charge in [-0.3, -0.25) is 4.79 Å². The zero-order valence-electron chi connectivity index (χ0n) is 12.0. The molecule has 23 heavy (non-hydrogen) atoms. The lowest BCUT2D eigenvalue weighted by molar-refractivity contribution is -0.121. The molecule has 10 heteroatoms. The van der Waals surface area contributed by atoms with Crippen molar-refractivity contribution in [3.63, 3.8) is 0 Å². The predicted octanol–water partition coefficient (Wildman–Crippen LogP) is 2.38. The predicted molar refractivity (Wildman–Crippen MR) is 83.8 cm³/mol. The second-order valence-corrected chi connectivity index (χ2v) is 7.28. The average molecular weight is 378 g/mol. The van der Waals surface area contributed by atoms with Gasteiger partial charge in [0.15, 0.2) is 0 Å². The van der Waals surface area contributed by atoms with Gasteiger partial charge in [-0.1, -0.05) is 41.3 Å². The highest BCUT2D eigenvalue weighted by atomic mass is 35.5. The van der Waals surface area contributed by atoms with Gasteiger partial charge in [0.25, 0.3) is 0 Å². The highest BCUT2D eigenvalue weighted by Gasteiger charge is 2.23. The molecule has 7 nitrogen and oxygen atoms in total. The van der Waals surface area contributed by atoms with E-state index in [9.17, 15) is 13.2 Å². The summed E-state index contributed by atoms with van der Waals surface area (Å²) in [6, 6.07) is 4.51. The van der Waals surface area contributed by atoms with Crippen LogP contribution in [0.4, 0.5) is 0 Å². The molecule has 1 aromatic carbocycles. The molecule has 0 bridgehead atoms. The maximum Gasteiger partial charge on any atom is 0.335 e. The second kappa shape index (κ2) is 7.29. The number of sulfone groups is 1. The molecule has 2 rings (SSSR count). The average Bonchev–Trinajstić information content (AvgIpc) is 2.98.